The Hall–Kier alpha value is -4.24. The zero-order valence-electron chi connectivity index (χ0n) is 24.6. The van der Waals surface area contributed by atoms with Gasteiger partial charge >= 0.3 is 0 Å². The number of aliphatic hydroxyl groups is 1. The third-order valence-electron chi connectivity index (χ3n) is 7.88. The highest BCUT2D eigenvalue weighted by Gasteiger charge is 2.27. The number of benzene rings is 2. The number of rotatable bonds is 7. The fraction of sp³-hybridized carbons (Fsp3) is 0.364. The normalized spacial score (nSPS) is 17.2. The maximum atomic E-state index is 14.0. The van der Waals surface area contributed by atoms with Gasteiger partial charge in [0.2, 0.25) is 0 Å². The third-order valence-corrected chi connectivity index (χ3v) is 7.88. The van der Waals surface area contributed by atoms with E-state index in [0.717, 1.165) is 12.8 Å². The molecule has 1 saturated carbocycles. The summed E-state index contributed by atoms with van der Waals surface area (Å²) in [6.07, 6.45) is 7.49. The van der Waals surface area contributed by atoms with Gasteiger partial charge in [0, 0.05) is 48.7 Å². The summed E-state index contributed by atoms with van der Waals surface area (Å²) in [4.78, 5) is 29.2. The molecule has 42 heavy (non-hydrogen) atoms. The number of pyridine rings is 1. The Morgan fingerprint density at radius 3 is 2.26 bits per heavy atom. The molecule has 1 N–H and O–H groups in total. The van der Waals surface area contributed by atoms with Crippen LogP contribution in [0.5, 0.6) is 17.2 Å². The first kappa shape index (κ1) is 29.3. The topological polar surface area (TPSA) is 95.6 Å². The van der Waals surface area contributed by atoms with Crippen LogP contribution in [0.3, 0.4) is 0 Å². The molecule has 0 amide bonds. The largest absolute Gasteiger partial charge is 0.490 e. The summed E-state index contributed by atoms with van der Waals surface area (Å²) in [6.45, 7) is 6.97. The minimum Gasteiger partial charge on any atom is -0.490 e. The monoisotopic (exact) mass is 573 g/mol. The van der Waals surface area contributed by atoms with E-state index in [0.29, 0.717) is 57.9 Å². The maximum Gasteiger partial charge on any atom is 0.254 e. The molecule has 220 valence electrons. The van der Waals surface area contributed by atoms with Gasteiger partial charge in [-0.25, -0.2) is 9.37 Å². The van der Waals surface area contributed by atoms with Crippen LogP contribution in [0.25, 0.3) is 11.1 Å². The Labute approximate surface area is 244 Å². The third kappa shape index (κ3) is 6.16. The van der Waals surface area contributed by atoms with Crippen LogP contribution in [0, 0.1) is 19.7 Å². The molecular formula is C33H36FN3O5. The van der Waals surface area contributed by atoms with Crippen molar-refractivity contribution in [3.8, 4) is 28.4 Å². The van der Waals surface area contributed by atoms with Gasteiger partial charge in [0.05, 0.1) is 18.0 Å². The second-order valence-corrected chi connectivity index (χ2v) is 11.6. The van der Waals surface area contributed by atoms with Crippen LogP contribution in [0.2, 0.25) is 0 Å². The Balaban J connectivity index is 1.52. The first-order valence-electron chi connectivity index (χ1n) is 14.1. The van der Waals surface area contributed by atoms with Gasteiger partial charge in [0.25, 0.3) is 11.1 Å². The van der Waals surface area contributed by atoms with E-state index < -0.39 is 5.60 Å². The van der Waals surface area contributed by atoms with Crippen molar-refractivity contribution in [2.45, 2.75) is 71.1 Å². The molecule has 1 fully saturated rings. The number of hydrogen-bond acceptors (Lipinski definition) is 6. The van der Waals surface area contributed by atoms with Gasteiger partial charge in [-0.3, -0.25) is 14.2 Å². The molecular weight excluding hydrogens is 537 g/mol. The van der Waals surface area contributed by atoms with E-state index in [4.69, 9.17) is 9.47 Å². The first-order valence-corrected chi connectivity index (χ1v) is 14.1. The van der Waals surface area contributed by atoms with Crippen LogP contribution in [-0.4, -0.2) is 25.3 Å². The van der Waals surface area contributed by atoms with Gasteiger partial charge < -0.3 is 19.1 Å². The van der Waals surface area contributed by atoms with Crippen molar-refractivity contribution >= 4 is 0 Å². The maximum absolute atomic E-state index is 14.0. The molecule has 0 radical (unpaired) electrons. The van der Waals surface area contributed by atoms with Crippen LogP contribution >= 0.6 is 0 Å². The minimum absolute atomic E-state index is 0.0415. The van der Waals surface area contributed by atoms with E-state index in [-0.39, 0.29) is 29.1 Å². The average Bonchev–Trinajstić information content (AvgIpc) is 2.93. The van der Waals surface area contributed by atoms with Crippen LogP contribution in [0.1, 0.15) is 62.3 Å². The van der Waals surface area contributed by atoms with E-state index in [2.05, 4.69) is 4.98 Å². The lowest BCUT2D eigenvalue weighted by Gasteiger charge is -2.30. The Morgan fingerprint density at radius 2 is 1.62 bits per heavy atom. The zero-order valence-corrected chi connectivity index (χ0v) is 24.6. The number of aromatic nitrogens is 3. The zero-order chi connectivity index (χ0) is 30.2. The SMILES string of the molecule is Cc1cc(F)cc(C)c1Oc1ccc(C(C)(C)O)cc1-c1cn(C)c(=O)cc1OC1CCC(n2cnccc2=O)CC1. The molecule has 4 aromatic rings. The second-order valence-electron chi connectivity index (χ2n) is 11.6. The molecule has 0 saturated heterocycles. The van der Waals surface area contributed by atoms with E-state index in [9.17, 15) is 19.1 Å². The van der Waals surface area contributed by atoms with Crippen LogP contribution in [0.15, 0.2) is 70.8 Å². The molecule has 9 heteroatoms. The number of aryl methyl sites for hydroxylation is 3. The molecule has 2 heterocycles. The summed E-state index contributed by atoms with van der Waals surface area (Å²) in [5, 5.41) is 10.8. The number of hydrogen-bond donors (Lipinski definition) is 1. The van der Waals surface area contributed by atoms with Crippen LogP contribution in [-0.2, 0) is 12.6 Å². The van der Waals surface area contributed by atoms with Crippen LogP contribution < -0.4 is 20.6 Å². The standard InChI is InChI=1S/C33H36FN3O5/c1-20-14-23(34)15-21(2)32(20)42-28-11-6-22(33(3,4)40)16-26(28)27-18-36(5)31(39)17-29(27)41-25-9-7-24(8-10-25)37-19-35-13-12-30(37)38/h6,11-19,24-25,40H,7-10H2,1-5H3. The van der Waals surface area contributed by atoms with Crippen molar-refractivity contribution in [3.63, 3.8) is 0 Å². The van der Waals surface area contributed by atoms with Gasteiger partial charge in [-0.1, -0.05) is 6.07 Å². The highest BCUT2D eigenvalue weighted by Crippen LogP contribution is 2.42. The molecule has 5 rings (SSSR count). The van der Waals surface area contributed by atoms with Gasteiger partial charge in [0.15, 0.2) is 0 Å². The van der Waals surface area contributed by atoms with E-state index in [1.807, 2.05) is 6.07 Å². The minimum atomic E-state index is -1.14. The lowest BCUT2D eigenvalue weighted by atomic mass is 9.92. The summed E-state index contributed by atoms with van der Waals surface area (Å²) in [7, 11) is 1.67. The quantitative estimate of drug-likeness (QED) is 0.294. The Bertz CT molecular complexity index is 1710. The van der Waals surface area contributed by atoms with Crippen molar-refractivity contribution in [1.29, 1.82) is 0 Å². The van der Waals surface area contributed by atoms with E-state index in [1.165, 1.54) is 35.0 Å². The van der Waals surface area contributed by atoms with Gasteiger partial charge in [-0.2, -0.15) is 0 Å². The molecule has 2 aromatic heterocycles. The fourth-order valence-corrected chi connectivity index (χ4v) is 5.55. The molecule has 0 aliphatic heterocycles. The predicted molar refractivity (Wildman–Crippen MR) is 159 cm³/mol. The van der Waals surface area contributed by atoms with Crippen LogP contribution in [0.4, 0.5) is 4.39 Å². The van der Waals surface area contributed by atoms with Crippen molar-refractivity contribution < 1.29 is 19.0 Å². The highest BCUT2D eigenvalue weighted by atomic mass is 19.1. The van der Waals surface area contributed by atoms with E-state index in [1.54, 1.807) is 64.0 Å². The molecule has 0 unspecified atom stereocenters. The van der Waals surface area contributed by atoms with Gasteiger partial charge in [-0.15, -0.1) is 0 Å². The lowest BCUT2D eigenvalue weighted by molar-refractivity contribution is 0.0786. The molecule has 0 bridgehead atoms. The fourth-order valence-electron chi connectivity index (χ4n) is 5.55. The molecule has 2 aromatic carbocycles. The summed E-state index contributed by atoms with van der Waals surface area (Å²) >= 11 is 0. The molecule has 0 spiro atoms. The van der Waals surface area contributed by atoms with Crippen molar-refractivity contribution in [2.24, 2.45) is 7.05 Å². The lowest BCUT2D eigenvalue weighted by Crippen LogP contribution is -2.31. The summed E-state index contributed by atoms with van der Waals surface area (Å²) in [5.74, 6) is 1.08. The molecule has 1 aliphatic rings. The molecule has 1 aliphatic carbocycles. The first-order chi connectivity index (χ1) is 19.9. The number of ether oxygens (including phenoxy) is 2. The second kappa shape index (κ2) is 11.6. The predicted octanol–water partition coefficient (Wildman–Crippen LogP) is 5.95. The Morgan fingerprint density at radius 1 is 0.929 bits per heavy atom. The Kier molecular flexibility index (Phi) is 8.06. The summed E-state index contributed by atoms with van der Waals surface area (Å²) < 4.78 is 30.1. The van der Waals surface area contributed by atoms with Crippen molar-refractivity contribution in [3.05, 3.63) is 104 Å². The highest BCUT2D eigenvalue weighted by molar-refractivity contribution is 5.76. The molecule has 8 nitrogen and oxygen atoms in total. The summed E-state index contributed by atoms with van der Waals surface area (Å²) in [6, 6.07) is 11.2. The molecule has 0 atom stereocenters. The number of nitrogens with zero attached hydrogens (tertiary/aromatic N) is 3. The smallest absolute Gasteiger partial charge is 0.254 e. The summed E-state index contributed by atoms with van der Waals surface area (Å²) in [5.41, 5.74) is 1.75. The van der Waals surface area contributed by atoms with E-state index >= 15 is 0 Å². The van der Waals surface area contributed by atoms with Crippen molar-refractivity contribution in [2.75, 3.05) is 0 Å². The number of halogens is 1. The van der Waals surface area contributed by atoms with Gasteiger partial charge in [0.1, 0.15) is 23.1 Å². The van der Waals surface area contributed by atoms with Crippen molar-refractivity contribution in [1.82, 2.24) is 14.1 Å². The van der Waals surface area contributed by atoms with Gasteiger partial charge in [-0.05, 0) is 94.3 Å². The average molecular weight is 574 g/mol.